The van der Waals surface area contributed by atoms with E-state index in [2.05, 4.69) is 0 Å². The van der Waals surface area contributed by atoms with E-state index in [0.717, 1.165) is 11.1 Å². The molecule has 16 heteroatoms. The minimum atomic E-state index is -4.56. The van der Waals surface area contributed by atoms with Crippen molar-refractivity contribution in [3.63, 3.8) is 0 Å². The Hall–Kier alpha value is -5.65. The molecule has 0 amide bonds. The lowest BCUT2D eigenvalue weighted by molar-refractivity contribution is 0.0974. The third kappa shape index (κ3) is 15.2. The first-order chi connectivity index (χ1) is 32.2. The van der Waals surface area contributed by atoms with Gasteiger partial charge in [-0.3, -0.25) is 31.7 Å². The van der Waals surface area contributed by atoms with Crippen LogP contribution in [0.3, 0.4) is 0 Å². The molecule has 0 bridgehead atoms. The Morgan fingerprint density at radius 2 is 0.515 bits per heavy atom. The third-order valence-electron chi connectivity index (χ3n) is 9.49. The molecule has 0 N–H and O–H groups in total. The zero-order chi connectivity index (χ0) is 45.9. The van der Waals surface area contributed by atoms with Crippen LogP contribution in [0.15, 0.2) is 194 Å². The maximum absolute atomic E-state index is 14.8. The van der Waals surface area contributed by atoms with Crippen LogP contribution in [0.4, 0.5) is 0 Å². The van der Waals surface area contributed by atoms with Crippen molar-refractivity contribution in [1.29, 1.82) is 0 Å². The van der Waals surface area contributed by atoms with E-state index in [0.29, 0.717) is 22.3 Å². The molecule has 13 nitrogen and oxygen atoms in total. The van der Waals surface area contributed by atoms with Crippen molar-refractivity contribution in [2.75, 3.05) is 7.11 Å². The van der Waals surface area contributed by atoms with Crippen LogP contribution in [0.1, 0.15) is 38.9 Å². The number of ether oxygens (including phenoxy) is 1. The molecule has 0 atom stereocenters. The molecule has 0 saturated heterocycles. The zero-order valence-electron chi connectivity index (χ0n) is 36.1. The minimum Gasteiger partial charge on any atom is -0.490 e. The second-order valence-corrected chi connectivity index (χ2v) is 19.3. The Morgan fingerprint density at radius 1 is 0.303 bits per heavy atom. The largest absolute Gasteiger partial charge is 0.530 e. The molecule has 7 aromatic rings. The van der Waals surface area contributed by atoms with Gasteiger partial charge < -0.3 is 13.8 Å². The second-order valence-electron chi connectivity index (χ2n) is 14.5. The lowest BCUT2D eigenvalue weighted by Crippen LogP contribution is -2.08. The summed E-state index contributed by atoms with van der Waals surface area (Å²) < 4.78 is 104. The summed E-state index contributed by atoms with van der Waals surface area (Å²) in [5.74, 6) is -0.650. The summed E-state index contributed by atoms with van der Waals surface area (Å²) >= 11 is 0. The summed E-state index contributed by atoms with van der Waals surface area (Å²) in [5.41, 5.74) is 4.41. The van der Waals surface area contributed by atoms with Crippen LogP contribution in [-0.4, -0.2) is 7.11 Å². The molecular weight excluding hydrogens is 901 g/mol. The number of methoxy groups -OCH3 is 1. The highest BCUT2D eigenvalue weighted by Gasteiger charge is 2.36. The molecule has 0 aromatic heterocycles. The third-order valence-corrected chi connectivity index (χ3v) is 13.4. The van der Waals surface area contributed by atoms with Gasteiger partial charge in [-0.15, -0.1) is 0 Å². The maximum atomic E-state index is 14.8. The Kier molecular flexibility index (Phi) is 17.7. The van der Waals surface area contributed by atoms with Crippen molar-refractivity contribution in [2.24, 2.45) is 0 Å². The molecule has 0 aliphatic heterocycles. The van der Waals surface area contributed by atoms with Gasteiger partial charge in [-0.25, -0.2) is 13.7 Å². The standard InChI is InChI=1S/C50H49O13P3/c1-54-50-48(62-65(52,58-36-43-24-12-4-13-25-43)59-37-44-26-14-5-15-27-44)32-47(40-57-64(51,55-34-41-20-8-2-9-21-41)56-35-42-22-10-3-11-23-42)33-49(50)63-66(53,60-38-45-28-16-6-17-29-45)61-39-46-30-18-7-19-31-46/h2-33H,34-40H2,1H3. The van der Waals surface area contributed by atoms with Crippen LogP contribution in [0, 0.1) is 0 Å². The smallest absolute Gasteiger partial charge is 0.490 e. The molecule has 7 rings (SSSR count). The van der Waals surface area contributed by atoms with E-state index in [-0.39, 0.29) is 62.5 Å². The minimum absolute atomic E-state index is 0.0976. The molecule has 0 fully saturated rings. The van der Waals surface area contributed by atoms with Crippen LogP contribution >= 0.6 is 23.5 Å². The molecule has 0 unspecified atom stereocenters. The average Bonchev–Trinajstić information content (AvgIpc) is 3.36. The van der Waals surface area contributed by atoms with Crippen LogP contribution in [0.5, 0.6) is 17.2 Å². The predicted octanol–water partition coefficient (Wildman–Crippen LogP) is 13.6. The van der Waals surface area contributed by atoms with E-state index in [1.54, 1.807) is 48.5 Å². The lowest BCUT2D eigenvalue weighted by atomic mass is 10.2. The average molecular weight is 951 g/mol. The number of phosphoric ester groups is 3. The number of phosphoric acid groups is 3. The first-order valence-electron chi connectivity index (χ1n) is 20.8. The first-order valence-corrected chi connectivity index (χ1v) is 25.2. The van der Waals surface area contributed by atoms with E-state index < -0.39 is 30.1 Å². The Balaban J connectivity index is 1.25. The molecule has 0 spiro atoms. The molecular formula is C50H49O13P3. The van der Waals surface area contributed by atoms with Gasteiger partial charge in [0.15, 0.2) is 11.5 Å². The molecule has 0 aliphatic rings. The van der Waals surface area contributed by atoms with E-state index in [1.165, 1.54) is 19.2 Å². The quantitative estimate of drug-likeness (QED) is 0.0475. The highest BCUT2D eigenvalue weighted by molar-refractivity contribution is 7.49. The summed E-state index contributed by atoms with van der Waals surface area (Å²) in [7, 11) is -12.2. The van der Waals surface area contributed by atoms with Gasteiger partial charge in [0.2, 0.25) is 5.75 Å². The van der Waals surface area contributed by atoms with Crippen molar-refractivity contribution in [2.45, 2.75) is 46.2 Å². The van der Waals surface area contributed by atoms with Gasteiger partial charge in [-0.2, -0.15) is 0 Å². The maximum Gasteiger partial charge on any atom is 0.530 e. The van der Waals surface area contributed by atoms with E-state index in [4.69, 9.17) is 45.5 Å². The van der Waals surface area contributed by atoms with Crippen molar-refractivity contribution in [1.82, 2.24) is 0 Å². The molecule has 0 saturated carbocycles. The zero-order valence-corrected chi connectivity index (χ0v) is 38.8. The fourth-order valence-corrected chi connectivity index (χ4v) is 9.59. The number of benzene rings is 7. The molecule has 0 aliphatic carbocycles. The normalized spacial score (nSPS) is 11.8. The predicted molar refractivity (Wildman–Crippen MR) is 249 cm³/mol. The van der Waals surface area contributed by atoms with Crippen molar-refractivity contribution < 1.29 is 59.1 Å². The van der Waals surface area contributed by atoms with Crippen LogP contribution in [0.25, 0.3) is 0 Å². The van der Waals surface area contributed by atoms with Crippen molar-refractivity contribution >= 4 is 23.5 Å². The van der Waals surface area contributed by atoms with E-state index >= 15 is 0 Å². The number of hydrogen-bond donors (Lipinski definition) is 0. The Morgan fingerprint density at radius 3 is 0.742 bits per heavy atom. The number of hydrogen-bond acceptors (Lipinski definition) is 13. The van der Waals surface area contributed by atoms with Gasteiger partial charge >= 0.3 is 23.5 Å². The second kappa shape index (κ2) is 24.2. The number of rotatable bonds is 26. The van der Waals surface area contributed by atoms with E-state index in [9.17, 15) is 13.7 Å². The summed E-state index contributed by atoms with van der Waals surface area (Å²) in [6, 6.07) is 57.4. The molecule has 0 heterocycles. The highest BCUT2D eigenvalue weighted by Crippen LogP contribution is 2.59. The van der Waals surface area contributed by atoms with E-state index in [1.807, 2.05) is 133 Å². The summed E-state index contributed by atoms with van der Waals surface area (Å²) in [5, 5.41) is 0. The van der Waals surface area contributed by atoms with Gasteiger partial charge in [0.25, 0.3) is 0 Å². The fraction of sp³-hybridized carbons (Fsp3) is 0.160. The van der Waals surface area contributed by atoms with Gasteiger partial charge in [0.05, 0.1) is 53.4 Å². The first kappa shape index (κ1) is 48.3. The molecule has 0 radical (unpaired) electrons. The molecule has 7 aromatic carbocycles. The fourth-order valence-electron chi connectivity index (χ4n) is 6.10. The van der Waals surface area contributed by atoms with Crippen LogP contribution < -0.4 is 13.8 Å². The molecule has 66 heavy (non-hydrogen) atoms. The SMILES string of the molecule is COc1c(OP(=O)(OCc2ccccc2)OCc2ccccc2)cc(COP(=O)(OCc2ccccc2)OCc2ccccc2)cc1OP(=O)(OCc1ccccc1)OCc1ccccc1. The summed E-state index contributed by atoms with van der Waals surface area (Å²) in [6.07, 6.45) is 0. The highest BCUT2D eigenvalue weighted by atomic mass is 31.2. The topological polar surface area (TPSA) is 144 Å². The van der Waals surface area contributed by atoms with Crippen LogP contribution in [-0.2, 0) is 91.6 Å². The summed E-state index contributed by atoms with van der Waals surface area (Å²) in [6.45, 7) is -1.28. The van der Waals surface area contributed by atoms with Crippen LogP contribution in [0.2, 0.25) is 0 Å². The van der Waals surface area contributed by atoms with Gasteiger partial charge in [-0.1, -0.05) is 182 Å². The van der Waals surface area contributed by atoms with Crippen molar-refractivity contribution in [3.05, 3.63) is 233 Å². The molecule has 342 valence electrons. The summed E-state index contributed by atoms with van der Waals surface area (Å²) in [4.78, 5) is 0. The lowest BCUT2D eigenvalue weighted by Gasteiger charge is -2.24. The Bertz CT molecular complexity index is 2410. The van der Waals surface area contributed by atoms with Gasteiger partial charge in [0, 0.05) is 0 Å². The Labute approximate surface area is 384 Å². The van der Waals surface area contributed by atoms with Crippen molar-refractivity contribution in [3.8, 4) is 17.2 Å². The monoisotopic (exact) mass is 950 g/mol. The van der Waals surface area contributed by atoms with Gasteiger partial charge in [-0.05, 0) is 51.1 Å². The van der Waals surface area contributed by atoms with Gasteiger partial charge in [0.1, 0.15) is 0 Å².